The SMILES string of the molecule is Cc1cc2ncc(CNCCC3CCCCO3)cn2n1. The summed E-state index contributed by atoms with van der Waals surface area (Å²) >= 11 is 0. The van der Waals surface area contributed by atoms with Gasteiger partial charge < -0.3 is 10.1 Å². The first-order valence-electron chi connectivity index (χ1n) is 7.44. The molecule has 2 aromatic heterocycles. The number of ether oxygens (including phenoxy) is 1. The molecule has 3 heterocycles. The third-order valence-electron chi connectivity index (χ3n) is 3.74. The highest BCUT2D eigenvalue weighted by Gasteiger charge is 2.12. The quantitative estimate of drug-likeness (QED) is 0.848. The molecule has 1 atom stereocenters. The average Bonchev–Trinajstić information content (AvgIpc) is 2.84. The highest BCUT2D eigenvalue weighted by Crippen LogP contribution is 2.14. The van der Waals surface area contributed by atoms with Crippen molar-refractivity contribution in [3.8, 4) is 0 Å². The molecule has 3 rings (SSSR count). The van der Waals surface area contributed by atoms with Gasteiger partial charge in [-0.1, -0.05) is 0 Å². The first-order valence-corrected chi connectivity index (χ1v) is 7.44. The third kappa shape index (κ3) is 3.35. The maximum absolute atomic E-state index is 5.72. The molecule has 5 nitrogen and oxygen atoms in total. The van der Waals surface area contributed by atoms with Gasteiger partial charge in [-0.05, 0) is 39.2 Å². The van der Waals surface area contributed by atoms with E-state index in [1.54, 1.807) is 0 Å². The molecule has 0 radical (unpaired) electrons. The molecule has 0 aromatic carbocycles. The Morgan fingerprint density at radius 3 is 3.25 bits per heavy atom. The lowest BCUT2D eigenvalue weighted by Crippen LogP contribution is -2.25. The molecule has 1 saturated heterocycles. The second kappa shape index (κ2) is 6.33. The molecule has 20 heavy (non-hydrogen) atoms. The molecule has 0 amide bonds. The number of hydrogen-bond acceptors (Lipinski definition) is 4. The molecule has 1 aliphatic heterocycles. The molecular formula is C15H22N4O. The number of nitrogens with one attached hydrogen (secondary N) is 1. The maximum Gasteiger partial charge on any atom is 0.155 e. The van der Waals surface area contributed by atoms with Crippen LogP contribution in [-0.4, -0.2) is 33.9 Å². The second-order valence-corrected chi connectivity index (χ2v) is 5.50. The van der Waals surface area contributed by atoms with E-state index >= 15 is 0 Å². The maximum atomic E-state index is 5.72. The van der Waals surface area contributed by atoms with E-state index in [0.717, 1.165) is 43.0 Å². The van der Waals surface area contributed by atoms with E-state index in [9.17, 15) is 0 Å². The van der Waals surface area contributed by atoms with Gasteiger partial charge in [0.15, 0.2) is 5.65 Å². The first-order chi connectivity index (χ1) is 9.81. The van der Waals surface area contributed by atoms with Crippen LogP contribution in [0.25, 0.3) is 5.65 Å². The molecule has 0 spiro atoms. The molecule has 108 valence electrons. The van der Waals surface area contributed by atoms with E-state index in [1.807, 2.05) is 29.9 Å². The number of nitrogens with zero attached hydrogens (tertiary/aromatic N) is 3. The van der Waals surface area contributed by atoms with Gasteiger partial charge >= 0.3 is 0 Å². The predicted octanol–water partition coefficient (Wildman–Crippen LogP) is 2.09. The molecule has 2 aromatic rings. The molecular weight excluding hydrogens is 252 g/mol. The van der Waals surface area contributed by atoms with Crippen LogP contribution in [0.1, 0.15) is 36.9 Å². The lowest BCUT2D eigenvalue weighted by molar-refractivity contribution is 0.0115. The number of aromatic nitrogens is 3. The van der Waals surface area contributed by atoms with Crippen LogP contribution >= 0.6 is 0 Å². The van der Waals surface area contributed by atoms with E-state index in [-0.39, 0.29) is 0 Å². The summed E-state index contributed by atoms with van der Waals surface area (Å²) in [6.45, 7) is 4.73. The average molecular weight is 274 g/mol. The Hall–Kier alpha value is -1.46. The number of rotatable bonds is 5. The molecule has 0 bridgehead atoms. The van der Waals surface area contributed by atoms with E-state index in [2.05, 4.69) is 15.4 Å². The first kappa shape index (κ1) is 13.5. The second-order valence-electron chi connectivity index (χ2n) is 5.50. The summed E-state index contributed by atoms with van der Waals surface area (Å²) in [5.41, 5.74) is 3.06. The van der Waals surface area contributed by atoms with Gasteiger partial charge in [-0.15, -0.1) is 0 Å². The van der Waals surface area contributed by atoms with Crippen molar-refractivity contribution in [2.24, 2.45) is 0 Å². The monoisotopic (exact) mass is 274 g/mol. The Bertz CT molecular complexity index is 560. The zero-order valence-electron chi connectivity index (χ0n) is 12.0. The summed E-state index contributed by atoms with van der Waals surface area (Å²) in [5, 5.41) is 7.84. The fraction of sp³-hybridized carbons (Fsp3) is 0.600. The minimum absolute atomic E-state index is 0.450. The van der Waals surface area contributed by atoms with Crippen LogP contribution < -0.4 is 5.32 Å². The standard InChI is InChI=1S/C15H22N4O/c1-12-8-15-17-10-13(11-19(15)18-12)9-16-6-5-14-4-2-3-7-20-14/h8,10-11,14,16H,2-7,9H2,1H3. The normalized spacial score (nSPS) is 19.6. The minimum atomic E-state index is 0.450. The van der Waals surface area contributed by atoms with Crippen LogP contribution in [0.2, 0.25) is 0 Å². The van der Waals surface area contributed by atoms with Crippen molar-refractivity contribution in [2.75, 3.05) is 13.2 Å². The summed E-state index contributed by atoms with van der Waals surface area (Å²) in [5.74, 6) is 0. The van der Waals surface area contributed by atoms with Crippen LogP contribution in [0.5, 0.6) is 0 Å². The van der Waals surface area contributed by atoms with E-state index in [1.165, 1.54) is 19.3 Å². The van der Waals surface area contributed by atoms with E-state index in [0.29, 0.717) is 6.10 Å². The van der Waals surface area contributed by atoms with E-state index in [4.69, 9.17) is 4.74 Å². The van der Waals surface area contributed by atoms with Gasteiger partial charge in [0.25, 0.3) is 0 Å². The van der Waals surface area contributed by atoms with Crippen molar-refractivity contribution in [2.45, 2.75) is 45.3 Å². The minimum Gasteiger partial charge on any atom is -0.378 e. The molecule has 1 unspecified atom stereocenters. The van der Waals surface area contributed by atoms with Gasteiger partial charge in [-0.3, -0.25) is 0 Å². The lowest BCUT2D eigenvalue weighted by Gasteiger charge is -2.22. The molecule has 0 aliphatic carbocycles. The highest BCUT2D eigenvalue weighted by molar-refractivity contribution is 5.38. The summed E-state index contributed by atoms with van der Waals surface area (Å²) in [6, 6.07) is 1.98. The molecule has 5 heteroatoms. The van der Waals surface area contributed by atoms with Gasteiger partial charge in [-0.25, -0.2) is 9.50 Å². The Labute approximate surface area is 119 Å². The van der Waals surface area contributed by atoms with E-state index < -0.39 is 0 Å². The zero-order chi connectivity index (χ0) is 13.8. The molecule has 0 saturated carbocycles. The summed E-state index contributed by atoms with van der Waals surface area (Å²) in [6.07, 6.45) is 9.24. The van der Waals surface area contributed by atoms with Crippen molar-refractivity contribution in [3.63, 3.8) is 0 Å². The van der Waals surface area contributed by atoms with Gasteiger partial charge in [0.05, 0.1) is 11.8 Å². The Balaban J connectivity index is 1.46. The topological polar surface area (TPSA) is 51.5 Å². The van der Waals surface area contributed by atoms with Crippen molar-refractivity contribution in [1.29, 1.82) is 0 Å². The number of hydrogen-bond donors (Lipinski definition) is 1. The number of aryl methyl sites for hydroxylation is 1. The van der Waals surface area contributed by atoms with Gasteiger partial charge in [0, 0.05) is 37.2 Å². The van der Waals surface area contributed by atoms with Crippen LogP contribution in [0.4, 0.5) is 0 Å². The van der Waals surface area contributed by atoms with Gasteiger partial charge in [-0.2, -0.15) is 5.10 Å². The van der Waals surface area contributed by atoms with Crippen LogP contribution in [0.3, 0.4) is 0 Å². The summed E-state index contributed by atoms with van der Waals surface area (Å²) in [4.78, 5) is 4.41. The zero-order valence-corrected chi connectivity index (χ0v) is 12.0. The van der Waals surface area contributed by atoms with Gasteiger partial charge in [0.1, 0.15) is 0 Å². The Kier molecular flexibility index (Phi) is 4.28. The molecule has 1 fully saturated rings. The van der Waals surface area contributed by atoms with Crippen molar-refractivity contribution < 1.29 is 4.74 Å². The van der Waals surface area contributed by atoms with Crippen LogP contribution in [-0.2, 0) is 11.3 Å². The summed E-state index contributed by atoms with van der Waals surface area (Å²) in [7, 11) is 0. The summed E-state index contributed by atoms with van der Waals surface area (Å²) < 4.78 is 7.57. The largest absolute Gasteiger partial charge is 0.378 e. The third-order valence-corrected chi connectivity index (χ3v) is 3.74. The number of fused-ring (bicyclic) bond motifs is 1. The molecule has 1 N–H and O–H groups in total. The van der Waals surface area contributed by atoms with Crippen molar-refractivity contribution in [3.05, 3.63) is 29.7 Å². The Morgan fingerprint density at radius 2 is 2.40 bits per heavy atom. The smallest absolute Gasteiger partial charge is 0.155 e. The predicted molar refractivity (Wildman–Crippen MR) is 77.6 cm³/mol. The lowest BCUT2D eigenvalue weighted by atomic mass is 10.1. The van der Waals surface area contributed by atoms with Crippen LogP contribution in [0, 0.1) is 6.92 Å². The Morgan fingerprint density at radius 1 is 1.45 bits per heavy atom. The molecule has 1 aliphatic rings. The fourth-order valence-electron chi connectivity index (χ4n) is 2.66. The van der Waals surface area contributed by atoms with Crippen molar-refractivity contribution >= 4 is 5.65 Å². The van der Waals surface area contributed by atoms with Crippen LogP contribution in [0.15, 0.2) is 18.5 Å². The van der Waals surface area contributed by atoms with Gasteiger partial charge in [0.2, 0.25) is 0 Å². The van der Waals surface area contributed by atoms with Crippen molar-refractivity contribution in [1.82, 2.24) is 19.9 Å². The highest BCUT2D eigenvalue weighted by atomic mass is 16.5. The fourth-order valence-corrected chi connectivity index (χ4v) is 2.66.